The maximum absolute atomic E-state index is 5.20. The fourth-order valence-electron chi connectivity index (χ4n) is 6.24. The van der Waals surface area contributed by atoms with Gasteiger partial charge in [-0.15, -0.1) is 0 Å². The van der Waals surface area contributed by atoms with Gasteiger partial charge in [0.1, 0.15) is 11.2 Å². The predicted octanol–water partition coefficient (Wildman–Crippen LogP) is 9.65. The minimum Gasteiger partial charge on any atom is -0.298 e. The van der Waals surface area contributed by atoms with Crippen LogP contribution >= 0.6 is 0 Å². The summed E-state index contributed by atoms with van der Waals surface area (Å²) >= 11 is 0. The summed E-state index contributed by atoms with van der Waals surface area (Å²) in [6.45, 7) is 0. The molecule has 0 aliphatic rings. The Morgan fingerprint density at radius 3 is 1.84 bits per heavy atom. The molecule has 210 valence electrons. The van der Waals surface area contributed by atoms with Crippen LogP contribution in [0, 0.1) is 0 Å². The van der Waals surface area contributed by atoms with Crippen molar-refractivity contribution < 1.29 is 0 Å². The van der Waals surface area contributed by atoms with Gasteiger partial charge in [-0.05, 0) is 41.5 Å². The molecule has 0 bridgehead atoms. The summed E-state index contributed by atoms with van der Waals surface area (Å²) < 4.78 is 2.13. The van der Waals surface area contributed by atoms with Gasteiger partial charge in [0.25, 0.3) is 0 Å². The number of benzene rings is 5. The second-order valence-corrected chi connectivity index (χ2v) is 11.2. The highest BCUT2D eigenvalue weighted by atomic mass is 15.0. The van der Waals surface area contributed by atoms with Gasteiger partial charge in [0.2, 0.25) is 0 Å². The van der Waals surface area contributed by atoms with E-state index in [9.17, 15) is 0 Å². The van der Waals surface area contributed by atoms with Crippen molar-refractivity contribution in [2.75, 3.05) is 0 Å². The number of fused-ring (bicyclic) bond motifs is 6. The highest BCUT2D eigenvalue weighted by molar-refractivity contribution is 6.09. The highest BCUT2D eigenvalue weighted by Crippen LogP contribution is 2.36. The molecule has 5 aromatic carbocycles. The van der Waals surface area contributed by atoms with Crippen LogP contribution in [0.5, 0.6) is 0 Å². The largest absolute Gasteiger partial charge is 0.298 e. The second kappa shape index (κ2) is 10.2. The molecule has 45 heavy (non-hydrogen) atoms. The number of nitrogens with zero attached hydrogens (tertiary/aromatic N) is 5. The van der Waals surface area contributed by atoms with Crippen LogP contribution < -0.4 is 0 Å². The van der Waals surface area contributed by atoms with Crippen LogP contribution in [0.1, 0.15) is 0 Å². The number of hydrogen-bond acceptors (Lipinski definition) is 4. The van der Waals surface area contributed by atoms with Gasteiger partial charge >= 0.3 is 0 Å². The number of aromatic nitrogens is 5. The van der Waals surface area contributed by atoms with Crippen LogP contribution in [0.15, 0.2) is 152 Å². The molecule has 0 aliphatic carbocycles. The number of imidazole rings is 1. The van der Waals surface area contributed by atoms with Gasteiger partial charge in [-0.25, -0.2) is 19.9 Å². The van der Waals surface area contributed by atoms with Crippen molar-refractivity contribution in [3.63, 3.8) is 0 Å². The zero-order valence-corrected chi connectivity index (χ0v) is 24.2. The lowest BCUT2D eigenvalue weighted by molar-refractivity contribution is 1.22. The molecule has 0 radical (unpaired) electrons. The second-order valence-electron chi connectivity index (χ2n) is 11.2. The van der Waals surface area contributed by atoms with Gasteiger partial charge in [0.05, 0.1) is 27.9 Å². The fourth-order valence-corrected chi connectivity index (χ4v) is 6.24. The Hall–Kier alpha value is -6.20. The molecule has 0 atom stereocenters. The van der Waals surface area contributed by atoms with E-state index < -0.39 is 0 Å². The minimum absolute atomic E-state index is 0.696. The van der Waals surface area contributed by atoms with Gasteiger partial charge in [-0.1, -0.05) is 115 Å². The summed E-state index contributed by atoms with van der Waals surface area (Å²) in [7, 11) is 0. The summed E-state index contributed by atoms with van der Waals surface area (Å²) in [6.07, 6.45) is 2.06. The molecule has 0 saturated heterocycles. The smallest absolute Gasteiger partial charge is 0.160 e. The maximum Gasteiger partial charge on any atom is 0.160 e. The standard InChI is InChI=1S/C40H25N5/c1-2-11-26(12-3-1)27-20-22-28(23-21-27)40-42-34-18-7-4-15-31(34)36(44-40)29-13-10-14-30(25-29)37-39-38(32-16-5-6-17-33(32)41-37)43-35-19-8-9-24-45(35)39/h1-25H. The van der Waals surface area contributed by atoms with Crippen LogP contribution in [-0.2, 0) is 0 Å². The molecule has 0 amide bonds. The van der Waals surface area contributed by atoms with Gasteiger partial charge in [-0.3, -0.25) is 4.40 Å². The summed E-state index contributed by atoms with van der Waals surface area (Å²) in [6, 6.07) is 49.9. The molecule has 5 nitrogen and oxygen atoms in total. The van der Waals surface area contributed by atoms with E-state index in [1.165, 1.54) is 5.56 Å². The van der Waals surface area contributed by atoms with E-state index in [1.54, 1.807) is 0 Å². The summed E-state index contributed by atoms with van der Waals surface area (Å²) in [4.78, 5) is 20.4. The van der Waals surface area contributed by atoms with E-state index in [0.717, 1.165) is 72.1 Å². The van der Waals surface area contributed by atoms with E-state index in [4.69, 9.17) is 19.9 Å². The number of hydrogen-bond donors (Lipinski definition) is 0. The van der Waals surface area contributed by atoms with Crippen molar-refractivity contribution in [2.45, 2.75) is 0 Å². The van der Waals surface area contributed by atoms with Crippen LogP contribution in [-0.4, -0.2) is 24.3 Å². The molecule has 4 heterocycles. The molecule has 5 heteroatoms. The van der Waals surface area contributed by atoms with E-state index >= 15 is 0 Å². The van der Waals surface area contributed by atoms with Gasteiger partial charge in [-0.2, -0.15) is 0 Å². The molecule has 0 fully saturated rings. The molecule has 0 spiro atoms. The Morgan fingerprint density at radius 1 is 0.400 bits per heavy atom. The first-order valence-electron chi connectivity index (χ1n) is 15.0. The van der Waals surface area contributed by atoms with Gasteiger partial charge in [0.15, 0.2) is 5.82 Å². The monoisotopic (exact) mass is 575 g/mol. The van der Waals surface area contributed by atoms with Crippen molar-refractivity contribution in [1.82, 2.24) is 24.3 Å². The zero-order valence-electron chi connectivity index (χ0n) is 24.2. The lowest BCUT2D eigenvalue weighted by Gasteiger charge is -2.12. The van der Waals surface area contributed by atoms with E-state index in [1.807, 2.05) is 48.5 Å². The quantitative estimate of drug-likeness (QED) is 0.210. The molecule has 0 N–H and O–H groups in total. The summed E-state index contributed by atoms with van der Waals surface area (Å²) in [5, 5.41) is 2.05. The predicted molar refractivity (Wildman–Crippen MR) is 183 cm³/mol. The Bertz CT molecular complexity index is 2530. The topological polar surface area (TPSA) is 56.0 Å². The summed E-state index contributed by atoms with van der Waals surface area (Å²) in [5.74, 6) is 0.696. The molecule has 9 aromatic rings. The van der Waals surface area contributed by atoms with E-state index in [2.05, 4.69) is 108 Å². The molecule has 0 saturated carbocycles. The van der Waals surface area contributed by atoms with Gasteiger partial charge < -0.3 is 0 Å². The minimum atomic E-state index is 0.696. The van der Waals surface area contributed by atoms with E-state index in [0.29, 0.717) is 5.82 Å². The Kier molecular flexibility index (Phi) is 5.74. The van der Waals surface area contributed by atoms with Crippen LogP contribution in [0.2, 0.25) is 0 Å². The zero-order chi connectivity index (χ0) is 29.7. The van der Waals surface area contributed by atoms with Crippen molar-refractivity contribution in [2.24, 2.45) is 0 Å². The molecule has 0 unspecified atom stereocenters. The van der Waals surface area contributed by atoms with Crippen molar-refractivity contribution in [3.8, 4) is 45.0 Å². The van der Waals surface area contributed by atoms with Crippen LogP contribution in [0.25, 0.3) is 83.5 Å². The highest BCUT2D eigenvalue weighted by Gasteiger charge is 2.18. The molecular formula is C40H25N5. The average Bonchev–Trinajstić information content (AvgIpc) is 3.51. The third-order valence-electron chi connectivity index (χ3n) is 8.41. The van der Waals surface area contributed by atoms with Crippen LogP contribution in [0.3, 0.4) is 0 Å². The first-order chi connectivity index (χ1) is 22.3. The first-order valence-corrected chi connectivity index (χ1v) is 15.0. The lowest BCUT2D eigenvalue weighted by Crippen LogP contribution is -1.96. The normalized spacial score (nSPS) is 11.6. The maximum atomic E-state index is 5.20. The number of pyridine rings is 2. The molecule has 4 aromatic heterocycles. The molecule has 0 aliphatic heterocycles. The number of rotatable bonds is 4. The molecule has 9 rings (SSSR count). The van der Waals surface area contributed by atoms with Gasteiger partial charge in [0, 0.05) is 33.7 Å². The Labute approximate surface area is 259 Å². The SMILES string of the molecule is c1ccc(-c2ccc(-c3nc(-c4cccc(-c5nc6ccccc6c6nc7ccccn7c56)c4)c4ccccc4n3)cc2)cc1. The molecular weight excluding hydrogens is 550 g/mol. The van der Waals surface area contributed by atoms with Crippen molar-refractivity contribution >= 4 is 38.5 Å². The lowest BCUT2D eigenvalue weighted by atomic mass is 10.0. The fraction of sp³-hybridized carbons (Fsp3) is 0. The Balaban J connectivity index is 1.22. The summed E-state index contributed by atoms with van der Waals surface area (Å²) in [5.41, 5.74) is 11.8. The Morgan fingerprint density at radius 2 is 1.02 bits per heavy atom. The van der Waals surface area contributed by atoms with Crippen molar-refractivity contribution in [3.05, 3.63) is 152 Å². The van der Waals surface area contributed by atoms with Crippen molar-refractivity contribution in [1.29, 1.82) is 0 Å². The number of para-hydroxylation sites is 2. The third kappa shape index (κ3) is 4.25. The average molecular weight is 576 g/mol. The third-order valence-corrected chi connectivity index (χ3v) is 8.41. The first kappa shape index (κ1) is 25.3. The van der Waals surface area contributed by atoms with Crippen LogP contribution in [0.4, 0.5) is 0 Å². The van der Waals surface area contributed by atoms with E-state index in [-0.39, 0.29) is 0 Å².